The molecule has 0 amide bonds. The standard InChI is InChI=1S/C31H42N2O2S2/c1-30(2,36-20-24-11-15-27(34-5)16-12-24)22-32-19-26-9-7-8-10-29(26)33-23-31(3,4)37-21-25-13-17-28(35-6)18-14-25/h7-18,32-33H,19-23H2,1-6H3. The van der Waals surface area contributed by atoms with Crippen LogP contribution in [0.3, 0.4) is 0 Å². The number of hydrogen-bond acceptors (Lipinski definition) is 6. The average Bonchev–Trinajstić information content (AvgIpc) is 2.91. The Labute approximate surface area is 232 Å². The molecular formula is C31H42N2O2S2. The van der Waals surface area contributed by atoms with Crippen molar-refractivity contribution in [2.24, 2.45) is 0 Å². The van der Waals surface area contributed by atoms with Gasteiger partial charge in [-0.2, -0.15) is 0 Å². The lowest BCUT2D eigenvalue weighted by atomic mass is 10.1. The summed E-state index contributed by atoms with van der Waals surface area (Å²) in [6.07, 6.45) is 0. The van der Waals surface area contributed by atoms with Gasteiger partial charge in [0.2, 0.25) is 0 Å². The van der Waals surface area contributed by atoms with E-state index < -0.39 is 0 Å². The third kappa shape index (κ3) is 10.2. The lowest BCUT2D eigenvalue weighted by Crippen LogP contribution is -2.32. The Hall–Kier alpha value is -2.28. The zero-order chi connectivity index (χ0) is 26.7. The fraction of sp³-hybridized carbons (Fsp3) is 0.419. The van der Waals surface area contributed by atoms with Crippen LogP contribution in [0.5, 0.6) is 11.5 Å². The second-order valence-corrected chi connectivity index (χ2v) is 13.8. The first-order valence-corrected chi connectivity index (χ1v) is 14.7. The summed E-state index contributed by atoms with van der Waals surface area (Å²) in [6.45, 7) is 11.9. The maximum atomic E-state index is 5.27. The van der Waals surface area contributed by atoms with Gasteiger partial charge in [-0.05, 0) is 74.7 Å². The highest BCUT2D eigenvalue weighted by Gasteiger charge is 2.20. The van der Waals surface area contributed by atoms with Gasteiger partial charge in [-0.3, -0.25) is 0 Å². The van der Waals surface area contributed by atoms with Crippen molar-refractivity contribution in [1.82, 2.24) is 5.32 Å². The van der Waals surface area contributed by atoms with Crippen LogP contribution in [-0.4, -0.2) is 36.8 Å². The van der Waals surface area contributed by atoms with Crippen LogP contribution in [0.1, 0.15) is 44.4 Å². The van der Waals surface area contributed by atoms with E-state index in [2.05, 4.69) is 86.9 Å². The molecule has 6 heteroatoms. The number of methoxy groups -OCH3 is 2. The van der Waals surface area contributed by atoms with Gasteiger partial charge < -0.3 is 20.1 Å². The van der Waals surface area contributed by atoms with Crippen molar-refractivity contribution in [3.8, 4) is 11.5 Å². The summed E-state index contributed by atoms with van der Waals surface area (Å²) in [4.78, 5) is 0. The van der Waals surface area contributed by atoms with Gasteiger partial charge in [0.05, 0.1) is 14.2 Å². The van der Waals surface area contributed by atoms with Gasteiger partial charge in [0.25, 0.3) is 0 Å². The normalized spacial score (nSPS) is 11.8. The Morgan fingerprint density at radius 3 is 1.65 bits per heavy atom. The van der Waals surface area contributed by atoms with Gasteiger partial charge in [0, 0.05) is 46.3 Å². The first-order chi connectivity index (χ1) is 17.7. The second-order valence-electron chi connectivity index (χ2n) is 10.4. The monoisotopic (exact) mass is 538 g/mol. The number of thioether (sulfide) groups is 2. The number of ether oxygens (including phenoxy) is 2. The van der Waals surface area contributed by atoms with Crippen molar-refractivity contribution in [3.05, 3.63) is 89.5 Å². The number of hydrogen-bond donors (Lipinski definition) is 2. The molecule has 0 aromatic heterocycles. The molecule has 0 fully saturated rings. The predicted octanol–water partition coefficient (Wildman–Crippen LogP) is 7.63. The van der Waals surface area contributed by atoms with Crippen LogP contribution in [0, 0.1) is 0 Å². The second kappa shape index (κ2) is 14.0. The average molecular weight is 539 g/mol. The Bertz CT molecular complexity index is 1080. The fourth-order valence-corrected chi connectivity index (χ4v) is 5.63. The highest BCUT2D eigenvalue weighted by molar-refractivity contribution is 8.00. The molecule has 0 heterocycles. The van der Waals surface area contributed by atoms with Crippen LogP contribution >= 0.6 is 23.5 Å². The van der Waals surface area contributed by atoms with Gasteiger partial charge in [0.15, 0.2) is 0 Å². The molecule has 2 N–H and O–H groups in total. The van der Waals surface area contributed by atoms with E-state index in [1.165, 1.54) is 22.4 Å². The zero-order valence-corrected chi connectivity index (χ0v) is 24.7. The Morgan fingerprint density at radius 1 is 0.649 bits per heavy atom. The van der Waals surface area contributed by atoms with Gasteiger partial charge >= 0.3 is 0 Å². The van der Waals surface area contributed by atoms with E-state index in [-0.39, 0.29) is 9.49 Å². The largest absolute Gasteiger partial charge is 0.497 e. The highest BCUT2D eigenvalue weighted by atomic mass is 32.2. The summed E-state index contributed by atoms with van der Waals surface area (Å²) < 4.78 is 10.8. The molecule has 0 atom stereocenters. The molecule has 3 aromatic carbocycles. The van der Waals surface area contributed by atoms with E-state index in [0.29, 0.717) is 0 Å². The van der Waals surface area contributed by atoms with Gasteiger partial charge in [-0.15, -0.1) is 23.5 Å². The summed E-state index contributed by atoms with van der Waals surface area (Å²) in [5.41, 5.74) is 5.14. The first kappa shape index (κ1) is 29.3. The van der Waals surface area contributed by atoms with Crippen LogP contribution in [0.15, 0.2) is 72.8 Å². The molecule has 3 rings (SSSR count). The number of para-hydroxylation sites is 1. The molecule has 0 spiro atoms. The van der Waals surface area contributed by atoms with Gasteiger partial charge in [0.1, 0.15) is 11.5 Å². The number of rotatable bonds is 15. The molecule has 0 aliphatic rings. The molecule has 3 aromatic rings. The molecule has 0 saturated heterocycles. The quantitative estimate of drug-likeness (QED) is 0.207. The van der Waals surface area contributed by atoms with E-state index in [9.17, 15) is 0 Å². The molecule has 0 aliphatic carbocycles. The third-order valence-corrected chi connectivity index (χ3v) is 8.97. The van der Waals surface area contributed by atoms with Crippen molar-refractivity contribution in [2.75, 3.05) is 32.6 Å². The smallest absolute Gasteiger partial charge is 0.118 e. The predicted molar refractivity (Wildman–Crippen MR) is 163 cm³/mol. The molecule has 200 valence electrons. The lowest BCUT2D eigenvalue weighted by molar-refractivity contribution is 0.414. The maximum absolute atomic E-state index is 5.27. The van der Waals surface area contributed by atoms with Crippen molar-refractivity contribution in [3.63, 3.8) is 0 Å². The van der Waals surface area contributed by atoms with Crippen molar-refractivity contribution in [2.45, 2.75) is 55.2 Å². The van der Waals surface area contributed by atoms with Crippen LogP contribution in [0.2, 0.25) is 0 Å². The summed E-state index contributed by atoms with van der Waals surface area (Å²) in [5, 5.41) is 7.41. The zero-order valence-electron chi connectivity index (χ0n) is 23.1. The minimum atomic E-state index is 0.0978. The van der Waals surface area contributed by atoms with Crippen LogP contribution in [0.4, 0.5) is 5.69 Å². The molecule has 0 radical (unpaired) electrons. The molecule has 4 nitrogen and oxygen atoms in total. The number of anilines is 1. The van der Waals surface area contributed by atoms with E-state index in [1.54, 1.807) is 14.2 Å². The van der Waals surface area contributed by atoms with E-state index in [1.807, 2.05) is 47.8 Å². The summed E-state index contributed by atoms with van der Waals surface area (Å²) in [5.74, 6) is 3.77. The van der Waals surface area contributed by atoms with Gasteiger partial charge in [-0.1, -0.05) is 42.5 Å². The van der Waals surface area contributed by atoms with Gasteiger partial charge in [-0.25, -0.2) is 0 Å². The molecule has 37 heavy (non-hydrogen) atoms. The first-order valence-electron chi connectivity index (χ1n) is 12.8. The summed E-state index contributed by atoms with van der Waals surface area (Å²) in [6, 6.07) is 25.3. The minimum Gasteiger partial charge on any atom is -0.497 e. The Morgan fingerprint density at radius 2 is 1.14 bits per heavy atom. The maximum Gasteiger partial charge on any atom is 0.118 e. The van der Waals surface area contributed by atoms with Crippen LogP contribution in [0.25, 0.3) is 0 Å². The third-order valence-electron chi connectivity index (χ3n) is 6.17. The molecule has 0 bridgehead atoms. The Kier molecular flexibility index (Phi) is 11.1. The fourth-order valence-electron chi connectivity index (χ4n) is 3.76. The molecule has 0 saturated carbocycles. The SMILES string of the molecule is COc1ccc(CSC(C)(C)CNCc2ccccc2NCC(C)(C)SCc2ccc(OC)cc2)cc1. The molecule has 0 unspecified atom stereocenters. The Balaban J connectivity index is 1.45. The molecular weight excluding hydrogens is 496 g/mol. The van der Waals surface area contributed by atoms with Crippen molar-refractivity contribution < 1.29 is 9.47 Å². The van der Waals surface area contributed by atoms with Crippen molar-refractivity contribution in [1.29, 1.82) is 0 Å². The minimum absolute atomic E-state index is 0.0978. The number of nitrogens with one attached hydrogen (secondary N) is 2. The van der Waals surface area contributed by atoms with E-state index in [4.69, 9.17) is 9.47 Å². The lowest BCUT2D eigenvalue weighted by Gasteiger charge is -2.27. The highest BCUT2D eigenvalue weighted by Crippen LogP contribution is 2.30. The van der Waals surface area contributed by atoms with Crippen molar-refractivity contribution >= 4 is 29.2 Å². The van der Waals surface area contributed by atoms with E-state index >= 15 is 0 Å². The number of benzene rings is 3. The van der Waals surface area contributed by atoms with Crippen LogP contribution in [-0.2, 0) is 18.1 Å². The summed E-state index contributed by atoms with van der Waals surface area (Å²) in [7, 11) is 3.41. The van der Waals surface area contributed by atoms with Crippen LogP contribution < -0.4 is 20.1 Å². The van der Waals surface area contributed by atoms with E-state index in [0.717, 1.165) is 42.6 Å². The molecule has 0 aliphatic heterocycles. The topological polar surface area (TPSA) is 42.5 Å². The summed E-state index contributed by atoms with van der Waals surface area (Å²) >= 11 is 3.94.